The molecule has 2 aromatic rings. The number of piperidine rings is 1. The van der Waals surface area contributed by atoms with Gasteiger partial charge in [0.15, 0.2) is 0 Å². The van der Waals surface area contributed by atoms with E-state index >= 15 is 0 Å². The van der Waals surface area contributed by atoms with Crippen LogP contribution in [0.3, 0.4) is 0 Å². The lowest BCUT2D eigenvalue weighted by Gasteiger charge is -2.30. The summed E-state index contributed by atoms with van der Waals surface area (Å²) in [4.78, 5) is 13.2. The summed E-state index contributed by atoms with van der Waals surface area (Å²) in [5.74, 6) is 0.500. The zero-order chi connectivity index (χ0) is 18.2. The third kappa shape index (κ3) is 3.94. The van der Waals surface area contributed by atoms with Crippen LogP contribution in [0.25, 0.3) is 11.4 Å². The van der Waals surface area contributed by atoms with Gasteiger partial charge >= 0.3 is 0 Å². The molecule has 1 N–H and O–H groups in total. The van der Waals surface area contributed by atoms with Gasteiger partial charge in [-0.25, -0.2) is 27.7 Å². The molecule has 0 radical (unpaired) electrons. The molecule has 8 nitrogen and oxygen atoms in total. The van der Waals surface area contributed by atoms with Gasteiger partial charge in [-0.2, -0.15) is 0 Å². The Hall–Kier alpha value is -1.71. The summed E-state index contributed by atoms with van der Waals surface area (Å²) in [5, 5.41) is 3.82. The highest BCUT2D eigenvalue weighted by molar-refractivity contribution is 7.88. The second-order valence-corrected chi connectivity index (χ2v) is 8.64. The van der Waals surface area contributed by atoms with Crippen molar-refractivity contribution < 1.29 is 8.42 Å². The van der Waals surface area contributed by atoms with Crippen molar-refractivity contribution in [3.05, 3.63) is 23.2 Å². The van der Waals surface area contributed by atoms with Crippen LogP contribution in [-0.4, -0.2) is 57.6 Å². The van der Waals surface area contributed by atoms with Crippen LogP contribution >= 0.6 is 11.6 Å². The predicted octanol–water partition coefficient (Wildman–Crippen LogP) is 1.67. The average Bonchev–Trinajstić information content (AvgIpc) is 2.88. The van der Waals surface area contributed by atoms with Crippen LogP contribution in [0.1, 0.15) is 18.4 Å². The summed E-state index contributed by atoms with van der Waals surface area (Å²) in [7, 11) is -1.30. The number of anilines is 1. The van der Waals surface area contributed by atoms with Gasteiger partial charge in [-0.15, -0.1) is 0 Å². The molecule has 25 heavy (non-hydrogen) atoms. The fraction of sp³-hybridized carbons (Fsp3) is 0.533. The highest BCUT2D eigenvalue weighted by Crippen LogP contribution is 2.27. The Kier molecular flexibility index (Phi) is 4.99. The Morgan fingerprint density at radius 3 is 2.48 bits per heavy atom. The quantitative estimate of drug-likeness (QED) is 0.861. The first-order valence-electron chi connectivity index (χ1n) is 7.98. The van der Waals surface area contributed by atoms with Crippen LogP contribution in [0.4, 0.5) is 5.95 Å². The fourth-order valence-corrected chi connectivity index (χ4v) is 3.90. The van der Waals surface area contributed by atoms with E-state index in [2.05, 4.69) is 20.3 Å². The summed E-state index contributed by atoms with van der Waals surface area (Å²) >= 11 is 6.28. The van der Waals surface area contributed by atoms with Gasteiger partial charge in [0, 0.05) is 32.4 Å². The van der Waals surface area contributed by atoms with E-state index in [1.165, 1.54) is 10.6 Å². The maximum atomic E-state index is 11.6. The van der Waals surface area contributed by atoms with Crippen molar-refractivity contribution in [1.29, 1.82) is 0 Å². The summed E-state index contributed by atoms with van der Waals surface area (Å²) in [5.41, 5.74) is 2.20. The molecule has 0 amide bonds. The molecule has 0 aromatic carbocycles. The molecule has 0 unspecified atom stereocenters. The Balaban J connectivity index is 1.75. The van der Waals surface area contributed by atoms with Crippen molar-refractivity contribution in [3.63, 3.8) is 0 Å². The third-order valence-electron chi connectivity index (χ3n) is 4.32. The molecule has 3 rings (SSSR count). The average molecular weight is 385 g/mol. The van der Waals surface area contributed by atoms with E-state index in [4.69, 9.17) is 11.6 Å². The minimum atomic E-state index is -3.12. The smallest absolute Gasteiger partial charge is 0.223 e. The molecule has 0 atom stereocenters. The molecule has 1 fully saturated rings. The number of nitrogens with zero attached hydrogens (tertiary/aromatic N) is 5. The molecular weight excluding hydrogens is 364 g/mol. The van der Waals surface area contributed by atoms with Crippen LogP contribution in [0.5, 0.6) is 0 Å². The molecular formula is C15H21ClN6O2S. The molecule has 0 saturated carbocycles. The lowest BCUT2D eigenvalue weighted by Crippen LogP contribution is -2.42. The summed E-state index contributed by atoms with van der Waals surface area (Å²) in [6.45, 7) is 2.91. The van der Waals surface area contributed by atoms with Crippen molar-refractivity contribution in [2.45, 2.75) is 25.8 Å². The van der Waals surface area contributed by atoms with Crippen molar-refractivity contribution in [2.24, 2.45) is 7.05 Å². The Bertz CT molecular complexity index is 874. The van der Waals surface area contributed by atoms with Gasteiger partial charge in [0.2, 0.25) is 16.0 Å². The van der Waals surface area contributed by atoms with Gasteiger partial charge in [0.05, 0.1) is 12.6 Å². The number of nitrogens with one attached hydrogen (secondary N) is 1. The minimum Gasteiger partial charge on any atom is -0.351 e. The number of sulfonamides is 1. The highest BCUT2D eigenvalue weighted by Gasteiger charge is 2.25. The second kappa shape index (κ2) is 6.89. The number of aromatic nitrogens is 4. The fourth-order valence-electron chi connectivity index (χ4n) is 2.84. The first-order chi connectivity index (χ1) is 11.8. The normalized spacial score (nSPS) is 17.0. The molecule has 1 aliphatic heterocycles. The number of rotatable bonds is 4. The van der Waals surface area contributed by atoms with E-state index in [0.29, 0.717) is 48.4 Å². The van der Waals surface area contributed by atoms with Gasteiger partial charge < -0.3 is 9.88 Å². The second-order valence-electron chi connectivity index (χ2n) is 6.30. The molecule has 0 spiro atoms. The summed E-state index contributed by atoms with van der Waals surface area (Å²) < 4.78 is 26.4. The lowest BCUT2D eigenvalue weighted by molar-refractivity contribution is 0.331. The van der Waals surface area contributed by atoms with Gasteiger partial charge in [-0.05, 0) is 25.3 Å². The standard InChI is InChI=1S/C15H21ClN6O2S/c1-10-8-17-15(20-12(10)13-14(16)21(2)9-18-13)19-11-4-6-22(7-5-11)25(3,23)24/h8-9,11H,4-7H2,1-3H3,(H,17,19,20). The monoisotopic (exact) mass is 384 g/mol. The highest BCUT2D eigenvalue weighted by atomic mass is 35.5. The molecule has 1 aliphatic rings. The Morgan fingerprint density at radius 2 is 1.92 bits per heavy atom. The zero-order valence-electron chi connectivity index (χ0n) is 14.4. The Labute approximate surface area is 152 Å². The van der Waals surface area contributed by atoms with E-state index in [1.54, 1.807) is 17.1 Å². The van der Waals surface area contributed by atoms with Crippen molar-refractivity contribution in [2.75, 3.05) is 24.7 Å². The van der Waals surface area contributed by atoms with Gasteiger partial charge in [-0.1, -0.05) is 11.6 Å². The first kappa shape index (κ1) is 18.1. The van der Waals surface area contributed by atoms with Gasteiger partial charge in [0.1, 0.15) is 16.5 Å². The van der Waals surface area contributed by atoms with E-state index in [-0.39, 0.29) is 6.04 Å². The number of halogens is 1. The topological polar surface area (TPSA) is 93.0 Å². The molecule has 0 aliphatic carbocycles. The van der Waals surface area contributed by atoms with Crippen LogP contribution in [0, 0.1) is 6.92 Å². The summed E-state index contributed by atoms with van der Waals surface area (Å²) in [6, 6.07) is 0.132. The lowest BCUT2D eigenvalue weighted by atomic mass is 10.1. The third-order valence-corrected chi connectivity index (χ3v) is 6.07. The minimum absolute atomic E-state index is 0.132. The number of aryl methyl sites for hydroxylation is 2. The van der Waals surface area contributed by atoms with Crippen LogP contribution in [-0.2, 0) is 17.1 Å². The maximum Gasteiger partial charge on any atom is 0.223 e. The van der Waals surface area contributed by atoms with E-state index in [1.807, 2.05) is 14.0 Å². The maximum absolute atomic E-state index is 11.6. The largest absolute Gasteiger partial charge is 0.351 e. The summed E-state index contributed by atoms with van der Waals surface area (Å²) in [6.07, 6.45) is 6.05. The van der Waals surface area contributed by atoms with E-state index in [0.717, 1.165) is 5.56 Å². The number of imidazole rings is 1. The number of hydrogen-bond acceptors (Lipinski definition) is 6. The van der Waals surface area contributed by atoms with Gasteiger partial charge in [0.25, 0.3) is 0 Å². The SMILES string of the molecule is Cc1cnc(NC2CCN(S(C)(=O)=O)CC2)nc1-c1ncn(C)c1Cl. The molecule has 1 saturated heterocycles. The Morgan fingerprint density at radius 1 is 1.24 bits per heavy atom. The van der Waals surface area contributed by atoms with Gasteiger partial charge in [-0.3, -0.25) is 0 Å². The van der Waals surface area contributed by atoms with Crippen molar-refractivity contribution >= 4 is 27.6 Å². The van der Waals surface area contributed by atoms with Crippen molar-refractivity contribution in [1.82, 2.24) is 23.8 Å². The molecule has 3 heterocycles. The molecule has 0 bridgehead atoms. The van der Waals surface area contributed by atoms with Crippen LogP contribution in [0.2, 0.25) is 5.15 Å². The first-order valence-corrected chi connectivity index (χ1v) is 10.2. The van der Waals surface area contributed by atoms with Crippen molar-refractivity contribution in [3.8, 4) is 11.4 Å². The van der Waals surface area contributed by atoms with E-state index in [9.17, 15) is 8.42 Å². The molecule has 10 heteroatoms. The molecule has 2 aromatic heterocycles. The van der Waals surface area contributed by atoms with E-state index < -0.39 is 10.0 Å². The number of hydrogen-bond donors (Lipinski definition) is 1. The van der Waals surface area contributed by atoms with Crippen LogP contribution in [0.15, 0.2) is 12.5 Å². The zero-order valence-corrected chi connectivity index (χ0v) is 16.0. The molecule has 136 valence electrons. The predicted molar refractivity (Wildman–Crippen MR) is 97.0 cm³/mol. The van der Waals surface area contributed by atoms with Crippen LogP contribution < -0.4 is 5.32 Å².